The summed E-state index contributed by atoms with van der Waals surface area (Å²) in [6.45, 7) is 7.03. The second-order valence-corrected chi connectivity index (χ2v) is 5.71. The van der Waals surface area contributed by atoms with E-state index in [1.165, 1.54) is 19.4 Å². The molecule has 18 heavy (non-hydrogen) atoms. The Balaban J connectivity index is 2.64. The van der Waals surface area contributed by atoms with Crippen molar-refractivity contribution in [3.05, 3.63) is 35.4 Å². The molecular weight excluding hydrogens is 228 g/mol. The summed E-state index contributed by atoms with van der Waals surface area (Å²) in [6, 6.07) is 8.13. The molecule has 0 bridgehead atoms. The molecule has 0 amide bonds. The third-order valence-electron chi connectivity index (χ3n) is 3.33. The molecule has 0 aliphatic heterocycles. The maximum Gasteiger partial charge on any atom is 0.108 e. The highest BCUT2D eigenvalue weighted by molar-refractivity contribution is 5.24. The topological polar surface area (TPSA) is 60.7 Å². The Kier molecular flexibility index (Phi) is 4.91. The van der Waals surface area contributed by atoms with Gasteiger partial charge in [0.1, 0.15) is 6.10 Å². The van der Waals surface area contributed by atoms with Crippen molar-refractivity contribution >= 4 is 0 Å². The van der Waals surface area contributed by atoms with E-state index < -0.39 is 17.8 Å². The predicted molar refractivity (Wildman–Crippen MR) is 72.5 cm³/mol. The summed E-state index contributed by atoms with van der Waals surface area (Å²) in [5, 5.41) is 29.4. The van der Waals surface area contributed by atoms with Gasteiger partial charge in [0, 0.05) is 0 Å². The molecule has 0 aliphatic rings. The lowest BCUT2D eigenvalue weighted by Gasteiger charge is -2.30. The van der Waals surface area contributed by atoms with Crippen molar-refractivity contribution in [2.24, 2.45) is 0 Å². The first-order valence-corrected chi connectivity index (χ1v) is 6.37. The van der Waals surface area contributed by atoms with Crippen molar-refractivity contribution < 1.29 is 15.3 Å². The summed E-state index contributed by atoms with van der Waals surface area (Å²) >= 11 is 0. The van der Waals surface area contributed by atoms with E-state index in [-0.39, 0.29) is 5.92 Å². The van der Waals surface area contributed by atoms with Gasteiger partial charge < -0.3 is 15.3 Å². The fourth-order valence-electron chi connectivity index (χ4n) is 1.99. The van der Waals surface area contributed by atoms with Crippen molar-refractivity contribution in [3.63, 3.8) is 0 Å². The number of aliphatic hydroxyl groups is 3. The lowest BCUT2D eigenvalue weighted by molar-refractivity contribution is -0.108. The summed E-state index contributed by atoms with van der Waals surface area (Å²) in [5.41, 5.74) is 1.04. The quantitative estimate of drug-likeness (QED) is 0.751. The number of hydrogen-bond acceptors (Lipinski definition) is 3. The second-order valence-electron chi connectivity index (χ2n) is 5.71. The summed E-state index contributed by atoms with van der Waals surface area (Å²) < 4.78 is 0. The third-order valence-corrected chi connectivity index (χ3v) is 3.33. The Morgan fingerprint density at radius 2 is 1.61 bits per heavy atom. The van der Waals surface area contributed by atoms with Gasteiger partial charge in [-0.25, -0.2) is 0 Å². The van der Waals surface area contributed by atoms with Crippen molar-refractivity contribution in [1.82, 2.24) is 0 Å². The highest BCUT2D eigenvalue weighted by Gasteiger charge is 2.32. The molecule has 0 fully saturated rings. The highest BCUT2D eigenvalue weighted by atomic mass is 16.4. The number of benzene rings is 1. The van der Waals surface area contributed by atoms with Crippen LogP contribution in [0.1, 0.15) is 44.2 Å². The summed E-state index contributed by atoms with van der Waals surface area (Å²) in [7, 11) is 0. The van der Waals surface area contributed by atoms with E-state index in [1.54, 1.807) is 0 Å². The first-order chi connectivity index (χ1) is 8.21. The molecule has 0 heterocycles. The zero-order valence-electron chi connectivity index (χ0n) is 11.6. The first-order valence-electron chi connectivity index (χ1n) is 6.37. The van der Waals surface area contributed by atoms with Crippen molar-refractivity contribution in [3.8, 4) is 0 Å². The van der Waals surface area contributed by atoms with Crippen LogP contribution >= 0.6 is 0 Å². The van der Waals surface area contributed by atoms with Gasteiger partial charge in [-0.1, -0.05) is 36.8 Å². The molecule has 3 nitrogen and oxygen atoms in total. The SMILES string of the molecule is Cc1ccc([C@@H](C)C[C@H](O)[C@@H](O)C(C)(C)O)cc1. The fraction of sp³-hybridized carbons (Fsp3) is 0.600. The van der Waals surface area contributed by atoms with Crippen LogP contribution in [0.15, 0.2) is 24.3 Å². The molecule has 0 saturated heterocycles. The van der Waals surface area contributed by atoms with Crippen LogP contribution < -0.4 is 0 Å². The van der Waals surface area contributed by atoms with Gasteiger partial charge >= 0.3 is 0 Å². The molecule has 0 radical (unpaired) electrons. The van der Waals surface area contributed by atoms with E-state index in [1.807, 2.05) is 38.1 Å². The third kappa shape index (κ3) is 4.09. The normalized spacial score (nSPS) is 17.3. The molecule has 0 unspecified atom stereocenters. The standard InChI is InChI=1S/C15H24O3/c1-10-5-7-12(8-6-10)11(2)9-13(16)14(17)15(3,4)18/h5-8,11,13-14,16-18H,9H2,1-4H3/t11-,13-,14+/m0/s1. The summed E-state index contributed by atoms with van der Waals surface area (Å²) in [6.07, 6.45) is -1.64. The lowest BCUT2D eigenvalue weighted by Crippen LogP contribution is -2.45. The number of aryl methyl sites for hydroxylation is 1. The van der Waals surface area contributed by atoms with Crippen molar-refractivity contribution in [1.29, 1.82) is 0 Å². The van der Waals surface area contributed by atoms with Crippen LogP contribution in [0.5, 0.6) is 0 Å². The Labute approximate surface area is 109 Å². The molecule has 0 saturated carbocycles. The summed E-state index contributed by atoms with van der Waals surface area (Å²) in [4.78, 5) is 0. The summed E-state index contributed by atoms with van der Waals surface area (Å²) in [5.74, 6) is 0.137. The zero-order valence-corrected chi connectivity index (χ0v) is 11.6. The van der Waals surface area contributed by atoms with Gasteiger partial charge in [0.05, 0.1) is 11.7 Å². The van der Waals surface area contributed by atoms with Crippen LogP contribution in [-0.2, 0) is 0 Å². The van der Waals surface area contributed by atoms with Gasteiger partial charge in [-0.15, -0.1) is 0 Å². The second kappa shape index (κ2) is 5.83. The van der Waals surface area contributed by atoms with Gasteiger partial charge in [-0.3, -0.25) is 0 Å². The molecular formula is C15H24O3. The van der Waals surface area contributed by atoms with E-state index in [2.05, 4.69) is 0 Å². The van der Waals surface area contributed by atoms with Crippen LogP contribution in [-0.4, -0.2) is 33.1 Å². The molecule has 102 valence electrons. The minimum Gasteiger partial charge on any atom is -0.390 e. The lowest BCUT2D eigenvalue weighted by atomic mass is 9.88. The van der Waals surface area contributed by atoms with Gasteiger partial charge in [-0.05, 0) is 38.7 Å². The van der Waals surface area contributed by atoms with Crippen LogP contribution in [0.3, 0.4) is 0 Å². The maximum atomic E-state index is 9.93. The Morgan fingerprint density at radius 3 is 2.06 bits per heavy atom. The molecule has 3 N–H and O–H groups in total. The van der Waals surface area contributed by atoms with Gasteiger partial charge in [-0.2, -0.15) is 0 Å². The highest BCUT2D eigenvalue weighted by Crippen LogP contribution is 2.24. The van der Waals surface area contributed by atoms with E-state index in [0.717, 1.165) is 5.56 Å². The fourth-order valence-corrected chi connectivity index (χ4v) is 1.99. The molecule has 1 rings (SSSR count). The number of hydrogen-bond donors (Lipinski definition) is 3. The Morgan fingerprint density at radius 1 is 1.11 bits per heavy atom. The van der Waals surface area contributed by atoms with E-state index in [0.29, 0.717) is 6.42 Å². The van der Waals surface area contributed by atoms with Crippen LogP contribution in [0, 0.1) is 6.92 Å². The van der Waals surface area contributed by atoms with Gasteiger partial charge in [0.2, 0.25) is 0 Å². The smallest absolute Gasteiger partial charge is 0.108 e. The van der Waals surface area contributed by atoms with Crippen molar-refractivity contribution in [2.75, 3.05) is 0 Å². The minimum absolute atomic E-state index is 0.137. The molecule has 0 aromatic heterocycles. The molecule has 3 heteroatoms. The average Bonchev–Trinajstić information content (AvgIpc) is 2.27. The molecule has 0 spiro atoms. The monoisotopic (exact) mass is 252 g/mol. The first kappa shape index (κ1) is 15.2. The van der Waals surface area contributed by atoms with Crippen LogP contribution in [0.25, 0.3) is 0 Å². The zero-order chi connectivity index (χ0) is 13.9. The Bertz CT molecular complexity index is 364. The van der Waals surface area contributed by atoms with Crippen LogP contribution in [0.4, 0.5) is 0 Å². The number of aliphatic hydroxyl groups excluding tert-OH is 2. The Hall–Kier alpha value is -0.900. The molecule has 0 aliphatic carbocycles. The maximum absolute atomic E-state index is 9.93. The van der Waals surface area contributed by atoms with Crippen LogP contribution in [0.2, 0.25) is 0 Å². The molecule has 1 aromatic rings. The van der Waals surface area contributed by atoms with Crippen molar-refractivity contribution in [2.45, 2.75) is 57.8 Å². The predicted octanol–water partition coefficient (Wildman–Crippen LogP) is 1.98. The van der Waals surface area contributed by atoms with E-state index in [4.69, 9.17) is 0 Å². The molecule has 3 atom stereocenters. The minimum atomic E-state index is -1.29. The van der Waals surface area contributed by atoms with E-state index in [9.17, 15) is 15.3 Å². The number of rotatable bonds is 5. The largest absolute Gasteiger partial charge is 0.390 e. The molecule has 1 aromatic carbocycles. The van der Waals surface area contributed by atoms with E-state index >= 15 is 0 Å². The average molecular weight is 252 g/mol. The van der Waals surface area contributed by atoms with Gasteiger partial charge in [0.15, 0.2) is 0 Å². The van der Waals surface area contributed by atoms with Gasteiger partial charge in [0.25, 0.3) is 0 Å².